The van der Waals surface area contributed by atoms with Gasteiger partial charge in [0.15, 0.2) is 5.78 Å². The van der Waals surface area contributed by atoms with Crippen molar-refractivity contribution in [1.29, 1.82) is 0 Å². The van der Waals surface area contributed by atoms with Crippen molar-refractivity contribution in [3.63, 3.8) is 0 Å². The van der Waals surface area contributed by atoms with E-state index in [1.54, 1.807) is 0 Å². The number of anilines is 2. The van der Waals surface area contributed by atoms with E-state index in [0.717, 1.165) is 65.5 Å². The summed E-state index contributed by atoms with van der Waals surface area (Å²) in [4.78, 5) is 31.3. The lowest BCUT2D eigenvalue weighted by atomic mass is 10.00. The van der Waals surface area contributed by atoms with E-state index in [-0.39, 0.29) is 11.7 Å². The first-order chi connectivity index (χ1) is 15.2. The van der Waals surface area contributed by atoms with Gasteiger partial charge < -0.3 is 20.5 Å². The summed E-state index contributed by atoms with van der Waals surface area (Å²) in [6, 6.07) is 6.20. The minimum Gasteiger partial charge on any atom is -0.383 e. The Kier molecular flexibility index (Phi) is 7.56. The fourth-order valence-electron chi connectivity index (χ4n) is 4.36. The van der Waals surface area contributed by atoms with Crippen molar-refractivity contribution in [1.82, 2.24) is 9.88 Å². The SMILES string of the molecule is CCN(CC)CCCC(=O)c1c(C)[nH]c(/C=C2\C(=O)Nc3ccc(NC(C)C)cc32)c1C. The second kappa shape index (κ2) is 10.2. The molecular formula is C26H36N4O2. The van der Waals surface area contributed by atoms with Crippen molar-refractivity contribution in [3.05, 3.63) is 46.3 Å². The third-order valence-electron chi connectivity index (χ3n) is 6.07. The number of carbonyl (C=O) groups is 2. The predicted octanol–water partition coefficient (Wildman–Crippen LogP) is 5.25. The number of hydrogen-bond donors (Lipinski definition) is 3. The van der Waals surface area contributed by atoms with Crippen LogP contribution >= 0.6 is 0 Å². The summed E-state index contributed by atoms with van der Waals surface area (Å²) in [5, 5.41) is 6.33. The van der Waals surface area contributed by atoms with Gasteiger partial charge in [-0.25, -0.2) is 0 Å². The summed E-state index contributed by atoms with van der Waals surface area (Å²) in [6.07, 6.45) is 3.25. The molecule has 1 aromatic carbocycles. The van der Waals surface area contributed by atoms with E-state index in [2.05, 4.69) is 48.2 Å². The van der Waals surface area contributed by atoms with Gasteiger partial charge in [0.25, 0.3) is 5.91 Å². The van der Waals surface area contributed by atoms with Crippen LogP contribution in [0.3, 0.4) is 0 Å². The minimum atomic E-state index is -0.125. The maximum Gasteiger partial charge on any atom is 0.256 e. The minimum absolute atomic E-state index is 0.125. The zero-order valence-corrected chi connectivity index (χ0v) is 20.2. The maximum absolute atomic E-state index is 13.0. The Morgan fingerprint density at radius 1 is 1.19 bits per heavy atom. The van der Waals surface area contributed by atoms with Gasteiger partial charge in [-0.3, -0.25) is 9.59 Å². The lowest BCUT2D eigenvalue weighted by Gasteiger charge is -2.17. The molecule has 0 bridgehead atoms. The first kappa shape index (κ1) is 23.8. The van der Waals surface area contributed by atoms with Gasteiger partial charge in [-0.2, -0.15) is 0 Å². The van der Waals surface area contributed by atoms with Crippen molar-refractivity contribution < 1.29 is 9.59 Å². The molecule has 0 unspecified atom stereocenters. The molecule has 172 valence electrons. The predicted molar refractivity (Wildman–Crippen MR) is 133 cm³/mol. The number of rotatable bonds is 10. The monoisotopic (exact) mass is 436 g/mol. The number of carbonyl (C=O) groups excluding carboxylic acids is 2. The van der Waals surface area contributed by atoms with Crippen LogP contribution in [0.2, 0.25) is 0 Å². The highest BCUT2D eigenvalue weighted by molar-refractivity contribution is 6.35. The maximum atomic E-state index is 13.0. The van der Waals surface area contributed by atoms with Gasteiger partial charge in [-0.1, -0.05) is 13.8 Å². The molecule has 32 heavy (non-hydrogen) atoms. The van der Waals surface area contributed by atoms with Crippen LogP contribution in [-0.2, 0) is 4.79 Å². The molecule has 1 aromatic heterocycles. The quantitative estimate of drug-likeness (QED) is 0.351. The number of nitrogens with one attached hydrogen (secondary N) is 3. The summed E-state index contributed by atoms with van der Waals surface area (Å²) < 4.78 is 0. The van der Waals surface area contributed by atoms with Crippen LogP contribution in [0.4, 0.5) is 11.4 Å². The number of nitrogens with zero attached hydrogens (tertiary/aromatic N) is 1. The average Bonchev–Trinajstić information content (AvgIpc) is 3.20. The standard InChI is InChI=1S/C26H36N4O2/c1-7-30(8-2)13-9-10-24(31)25-17(5)23(28-18(25)6)15-21-20-14-19(27-16(3)4)11-12-22(20)29-26(21)32/h11-12,14-16,27-28H,7-10,13H2,1-6H3,(H,29,32)/b21-15-. The molecule has 0 saturated heterocycles. The van der Waals surface area contributed by atoms with Gasteiger partial charge in [0.1, 0.15) is 0 Å². The van der Waals surface area contributed by atoms with E-state index in [0.29, 0.717) is 18.0 Å². The highest BCUT2D eigenvalue weighted by atomic mass is 16.2. The molecule has 2 heterocycles. The number of hydrogen-bond acceptors (Lipinski definition) is 4. The Hall–Kier alpha value is -2.86. The van der Waals surface area contributed by atoms with Crippen LogP contribution in [0.1, 0.15) is 73.4 Å². The van der Waals surface area contributed by atoms with Crippen molar-refractivity contribution in [2.75, 3.05) is 30.3 Å². The molecule has 6 heteroatoms. The largest absolute Gasteiger partial charge is 0.383 e. The average molecular weight is 437 g/mol. The first-order valence-corrected chi connectivity index (χ1v) is 11.6. The van der Waals surface area contributed by atoms with Crippen LogP contribution in [0.25, 0.3) is 11.6 Å². The third-order valence-corrected chi connectivity index (χ3v) is 6.07. The normalized spacial score (nSPS) is 14.4. The molecule has 1 amide bonds. The molecule has 1 aliphatic heterocycles. The van der Waals surface area contributed by atoms with E-state index in [1.165, 1.54) is 0 Å². The highest BCUT2D eigenvalue weighted by Gasteiger charge is 2.26. The molecule has 0 radical (unpaired) electrons. The van der Waals surface area contributed by atoms with E-state index < -0.39 is 0 Å². The number of amides is 1. The number of aryl methyl sites for hydroxylation is 1. The Morgan fingerprint density at radius 3 is 2.56 bits per heavy atom. The number of H-pyrrole nitrogens is 1. The molecule has 0 saturated carbocycles. The van der Waals surface area contributed by atoms with Crippen molar-refractivity contribution in [3.8, 4) is 0 Å². The van der Waals surface area contributed by atoms with Gasteiger partial charge in [0, 0.05) is 46.4 Å². The van der Waals surface area contributed by atoms with Crippen molar-refractivity contribution in [2.45, 2.75) is 60.4 Å². The molecule has 3 rings (SSSR count). The van der Waals surface area contributed by atoms with E-state index in [9.17, 15) is 9.59 Å². The van der Waals surface area contributed by atoms with Crippen molar-refractivity contribution >= 4 is 34.7 Å². The van der Waals surface area contributed by atoms with Crippen LogP contribution < -0.4 is 10.6 Å². The number of Topliss-reactive ketones (excluding diaryl/α,β-unsaturated/α-hetero) is 1. The van der Waals surface area contributed by atoms with E-state index in [1.807, 2.05) is 38.1 Å². The lowest BCUT2D eigenvalue weighted by Crippen LogP contribution is -2.24. The fraction of sp³-hybridized carbons (Fsp3) is 0.462. The summed E-state index contributed by atoms with van der Waals surface area (Å²) in [6.45, 7) is 15.3. The molecule has 0 atom stereocenters. The number of aromatic nitrogens is 1. The van der Waals surface area contributed by atoms with Crippen LogP contribution in [-0.4, -0.2) is 47.3 Å². The zero-order valence-electron chi connectivity index (χ0n) is 20.2. The Bertz CT molecular complexity index is 1030. The molecule has 0 spiro atoms. The molecular weight excluding hydrogens is 400 g/mol. The first-order valence-electron chi connectivity index (χ1n) is 11.6. The smallest absolute Gasteiger partial charge is 0.256 e. The van der Waals surface area contributed by atoms with Crippen molar-refractivity contribution in [2.24, 2.45) is 0 Å². The van der Waals surface area contributed by atoms with Gasteiger partial charge in [-0.05, 0) is 83.6 Å². The molecule has 1 aliphatic rings. The zero-order chi connectivity index (χ0) is 23.4. The second-order valence-electron chi connectivity index (χ2n) is 8.79. The number of benzene rings is 1. The van der Waals surface area contributed by atoms with Crippen LogP contribution in [0.5, 0.6) is 0 Å². The summed E-state index contributed by atoms with van der Waals surface area (Å²) in [5.41, 5.74) is 6.60. The van der Waals surface area contributed by atoms with E-state index >= 15 is 0 Å². The summed E-state index contributed by atoms with van der Waals surface area (Å²) in [5.74, 6) is 0.0354. The van der Waals surface area contributed by atoms with Gasteiger partial charge in [0.2, 0.25) is 0 Å². The van der Waals surface area contributed by atoms with Crippen LogP contribution in [0, 0.1) is 13.8 Å². The molecule has 3 N–H and O–H groups in total. The second-order valence-corrected chi connectivity index (χ2v) is 8.79. The highest BCUT2D eigenvalue weighted by Crippen LogP contribution is 2.36. The van der Waals surface area contributed by atoms with Gasteiger partial charge in [-0.15, -0.1) is 0 Å². The van der Waals surface area contributed by atoms with E-state index in [4.69, 9.17) is 0 Å². The Morgan fingerprint density at radius 2 is 1.91 bits per heavy atom. The molecule has 2 aromatic rings. The fourth-order valence-corrected chi connectivity index (χ4v) is 4.36. The van der Waals surface area contributed by atoms with Gasteiger partial charge in [0.05, 0.1) is 5.57 Å². The topological polar surface area (TPSA) is 77.2 Å². The Balaban J connectivity index is 1.85. The molecule has 6 nitrogen and oxygen atoms in total. The number of aromatic amines is 1. The molecule has 0 fully saturated rings. The Labute approximate surface area is 191 Å². The number of fused-ring (bicyclic) bond motifs is 1. The molecule has 0 aliphatic carbocycles. The van der Waals surface area contributed by atoms with Crippen LogP contribution in [0.15, 0.2) is 18.2 Å². The number of ketones is 1. The summed E-state index contributed by atoms with van der Waals surface area (Å²) in [7, 11) is 0. The lowest BCUT2D eigenvalue weighted by molar-refractivity contribution is -0.110. The van der Waals surface area contributed by atoms with Gasteiger partial charge >= 0.3 is 0 Å². The summed E-state index contributed by atoms with van der Waals surface area (Å²) >= 11 is 0. The third kappa shape index (κ3) is 5.13.